The van der Waals surface area contributed by atoms with E-state index in [0.29, 0.717) is 12.1 Å². The predicted octanol–water partition coefficient (Wildman–Crippen LogP) is 8.29. The molecule has 7 nitrogen and oxygen atoms in total. The summed E-state index contributed by atoms with van der Waals surface area (Å²) < 4.78 is 103. The van der Waals surface area contributed by atoms with Crippen molar-refractivity contribution in [3.63, 3.8) is 0 Å². The first-order chi connectivity index (χ1) is 20.5. The molecule has 0 aliphatic carbocycles. The first kappa shape index (κ1) is 36.1. The normalized spacial score (nSPS) is 18.6. The summed E-state index contributed by atoms with van der Waals surface area (Å²) in [6, 6.07) is 0.993. The number of halogens is 6. The Bertz CT molecular complexity index is 1360. The van der Waals surface area contributed by atoms with E-state index < -0.39 is 52.3 Å². The molecule has 2 aliphatic rings. The van der Waals surface area contributed by atoms with Crippen LogP contribution in [-0.4, -0.2) is 48.8 Å². The highest BCUT2D eigenvalue weighted by Crippen LogP contribution is 2.48. The molecular weight excluding hydrogens is 598 g/mol. The van der Waals surface area contributed by atoms with Crippen LogP contribution in [-0.2, 0) is 4.18 Å². The van der Waals surface area contributed by atoms with E-state index in [0.717, 1.165) is 12.2 Å². The standard InChI is InChI=1S/C24H21F6N3O2.2C2H6.CH5NOS/c1-4-34-17-9-16-20(21(22(17)28)19-14(26)7-13(25)8-15(19)27)23(31-35-16)32-6-5-18-24(29,30)11(2)10-33(18)12(32)3;2*1-2;1-3-4-2/h7-9,11,18H,3-6,10H2,1-2H3;2*1-2H3;2H2,1H3/t11?,18-;;;/m1.../s1. The van der Waals surface area contributed by atoms with Gasteiger partial charge in [0.25, 0.3) is 5.92 Å². The maximum absolute atomic E-state index is 15.7. The minimum absolute atomic E-state index is 0.0343. The van der Waals surface area contributed by atoms with Crippen molar-refractivity contribution in [3.8, 4) is 16.9 Å². The first-order valence-electron chi connectivity index (χ1n) is 13.9. The zero-order chi connectivity index (χ0) is 32.6. The van der Waals surface area contributed by atoms with Gasteiger partial charge < -0.3 is 23.2 Å². The molecule has 3 aromatic rings. The average molecular weight is 637 g/mol. The largest absolute Gasteiger partial charge is 0.491 e. The van der Waals surface area contributed by atoms with Gasteiger partial charge in [-0.25, -0.2) is 26.3 Å². The highest BCUT2D eigenvalue weighted by atomic mass is 32.2. The fourth-order valence-corrected chi connectivity index (χ4v) is 4.98. The number of hydrogen-bond acceptors (Lipinski definition) is 8. The second-order valence-corrected chi connectivity index (χ2v) is 9.51. The molecule has 240 valence electrons. The summed E-state index contributed by atoms with van der Waals surface area (Å²) in [4.78, 5) is 2.91. The average Bonchev–Trinajstić information content (AvgIpc) is 3.50. The van der Waals surface area contributed by atoms with Crippen LogP contribution < -0.4 is 14.8 Å². The molecule has 0 radical (unpaired) electrons. The number of nitrogens with zero attached hydrogens (tertiary/aromatic N) is 3. The molecule has 0 saturated carbocycles. The molecule has 1 aromatic heterocycles. The first-order valence-corrected chi connectivity index (χ1v) is 14.7. The van der Waals surface area contributed by atoms with Crippen LogP contribution in [0.25, 0.3) is 22.1 Å². The lowest BCUT2D eigenvalue weighted by Gasteiger charge is -2.41. The second-order valence-electron chi connectivity index (χ2n) is 8.98. The third kappa shape index (κ3) is 7.01. The van der Waals surface area contributed by atoms with Crippen molar-refractivity contribution in [3.05, 3.63) is 53.9 Å². The monoisotopic (exact) mass is 636 g/mol. The van der Waals surface area contributed by atoms with Gasteiger partial charge in [0, 0.05) is 42.8 Å². The Morgan fingerprint density at radius 2 is 1.67 bits per heavy atom. The lowest BCUT2D eigenvalue weighted by atomic mass is 9.97. The zero-order valence-electron chi connectivity index (χ0n) is 25.2. The predicted molar refractivity (Wildman–Crippen MR) is 158 cm³/mol. The van der Waals surface area contributed by atoms with Crippen molar-refractivity contribution in [1.29, 1.82) is 0 Å². The van der Waals surface area contributed by atoms with Crippen LogP contribution in [0.1, 0.15) is 48.0 Å². The molecular formula is C29H38F6N4O3S. The lowest BCUT2D eigenvalue weighted by molar-refractivity contribution is -0.0605. The van der Waals surface area contributed by atoms with E-state index in [1.165, 1.54) is 29.9 Å². The number of aromatic nitrogens is 1. The molecule has 14 heteroatoms. The van der Waals surface area contributed by atoms with Gasteiger partial charge in [-0.15, -0.1) is 0 Å². The van der Waals surface area contributed by atoms with E-state index in [-0.39, 0.29) is 54.5 Å². The summed E-state index contributed by atoms with van der Waals surface area (Å²) in [5.41, 5.74) is -1.47. The molecule has 0 bridgehead atoms. The van der Waals surface area contributed by atoms with Crippen LogP contribution in [0, 0.1) is 29.2 Å². The van der Waals surface area contributed by atoms with E-state index >= 15 is 4.39 Å². The SMILES string of the molecule is C=C1N(c2noc3cc(OCC)c(F)c(-c4c(F)cc(F)cc4F)c23)CC[C@H]2N1CC(C)C2(F)F.CC.CC.COSN. The van der Waals surface area contributed by atoms with E-state index in [4.69, 9.17) is 14.4 Å². The fraction of sp³-hybridized carbons (Fsp3) is 0.483. The molecule has 43 heavy (non-hydrogen) atoms. The van der Waals surface area contributed by atoms with Crippen molar-refractivity contribution in [2.75, 3.05) is 31.7 Å². The van der Waals surface area contributed by atoms with Crippen molar-refractivity contribution in [2.45, 2.75) is 59.9 Å². The number of benzene rings is 2. The summed E-state index contributed by atoms with van der Waals surface area (Å²) in [7, 11) is 1.52. The molecule has 2 fully saturated rings. The smallest absolute Gasteiger partial charge is 0.272 e. The number of anilines is 1. The van der Waals surface area contributed by atoms with Crippen molar-refractivity contribution in [2.24, 2.45) is 11.1 Å². The van der Waals surface area contributed by atoms with E-state index in [9.17, 15) is 22.0 Å². The van der Waals surface area contributed by atoms with E-state index in [2.05, 4.69) is 15.9 Å². The Balaban J connectivity index is 0.000000733. The maximum Gasteiger partial charge on any atom is 0.272 e. The molecule has 2 aromatic carbocycles. The van der Waals surface area contributed by atoms with Gasteiger partial charge >= 0.3 is 0 Å². The van der Waals surface area contributed by atoms with Gasteiger partial charge in [0.05, 0.1) is 42.9 Å². The number of alkyl halides is 2. The number of fused-ring (bicyclic) bond motifs is 2. The Hall–Kier alpha value is -3.10. The van der Waals surface area contributed by atoms with Crippen molar-refractivity contribution in [1.82, 2.24) is 10.1 Å². The molecule has 2 atom stereocenters. The minimum atomic E-state index is -2.93. The van der Waals surface area contributed by atoms with Gasteiger partial charge in [0.2, 0.25) is 0 Å². The summed E-state index contributed by atoms with van der Waals surface area (Å²) in [5.74, 6) is -9.00. The number of rotatable bonds is 5. The maximum atomic E-state index is 15.7. The molecule has 2 saturated heterocycles. The number of nitrogens with two attached hydrogens (primary N) is 1. The van der Waals surface area contributed by atoms with Crippen LogP contribution in [0.4, 0.5) is 32.2 Å². The molecule has 5 rings (SSSR count). The van der Waals surface area contributed by atoms with Crippen LogP contribution in [0.15, 0.2) is 35.1 Å². The topological polar surface area (TPSA) is 77.0 Å². The van der Waals surface area contributed by atoms with Crippen LogP contribution >= 0.6 is 12.2 Å². The third-order valence-electron chi connectivity index (χ3n) is 6.77. The Morgan fingerprint density at radius 3 is 2.21 bits per heavy atom. The summed E-state index contributed by atoms with van der Waals surface area (Å²) in [6.07, 6.45) is 0.0405. The molecule has 0 amide bonds. The highest BCUT2D eigenvalue weighted by Gasteiger charge is 2.56. The van der Waals surface area contributed by atoms with Gasteiger partial charge in [-0.3, -0.25) is 5.14 Å². The van der Waals surface area contributed by atoms with Gasteiger partial charge in [-0.05, 0) is 13.3 Å². The van der Waals surface area contributed by atoms with E-state index in [1.54, 1.807) is 6.92 Å². The third-order valence-corrected chi connectivity index (χ3v) is 6.97. The molecule has 3 heterocycles. The summed E-state index contributed by atoms with van der Waals surface area (Å²) in [5, 5.41) is 8.58. The van der Waals surface area contributed by atoms with Crippen molar-refractivity contribution < 1.29 is 39.8 Å². The van der Waals surface area contributed by atoms with Crippen LogP contribution in [0.2, 0.25) is 0 Å². The Morgan fingerprint density at radius 1 is 1.09 bits per heavy atom. The lowest BCUT2D eigenvalue weighted by Crippen LogP contribution is -2.50. The summed E-state index contributed by atoms with van der Waals surface area (Å²) in [6.45, 7) is 15.1. The fourth-order valence-electron chi connectivity index (χ4n) is 4.98. The van der Waals surface area contributed by atoms with Gasteiger partial charge in [0.1, 0.15) is 23.3 Å². The van der Waals surface area contributed by atoms with E-state index in [1.807, 2.05) is 27.7 Å². The Kier molecular flexibility index (Phi) is 13.1. The summed E-state index contributed by atoms with van der Waals surface area (Å²) >= 11 is 0.856. The number of ether oxygens (including phenoxy) is 1. The number of hydrogen-bond donors (Lipinski definition) is 1. The second kappa shape index (κ2) is 15.6. The van der Waals surface area contributed by atoms with Gasteiger partial charge in [-0.2, -0.15) is 0 Å². The van der Waals surface area contributed by atoms with Crippen molar-refractivity contribution >= 4 is 29.0 Å². The highest BCUT2D eigenvalue weighted by molar-refractivity contribution is 7.92. The molecule has 0 spiro atoms. The molecule has 2 aliphatic heterocycles. The minimum Gasteiger partial charge on any atom is -0.491 e. The molecule has 1 unspecified atom stereocenters. The van der Waals surface area contributed by atoms with Crippen LogP contribution in [0.5, 0.6) is 5.75 Å². The van der Waals surface area contributed by atoms with Crippen LogP contribution in [0.3, 0.4) is 0 Å². The Labute approximate surface area is 252 Å². The van der Waals surface area contributed by atoms with Gasteiger partial charge in [0.15, 0.2) is 23.0 Å². The quantitative estimate of drug-likeness (QED) is 0.170. The van der Waals surface area contributed by atoms with Gasteiger partial charge in [-0.1, -0.05) is 46.4 Å². The molecule has 2 N–H and O–H groups in total. The zero-order valence-corrected chi connectivity index (χ0v) is 26.1.